The number of halogens is 2. The van der Waals surface area contributed by atoms with E-state index < -0.39 is 6.17 Å². The SMILES string of the molecule is FC1CCNc2c(Cl)cccc2C1. The van der Waals surface area contributed by atoms with Crippen molar-refractivity contribution in [2.24, 2.45) is 0 Å². The molecule has 0 radical (unpaired) electrons. The summed E-state index contributed by atoms with van der Waals surface area (Å²) in [6.45, 7) is 0.665. The van der Waals surface area contributed by atoms with Gasteiger partial charge in [0, 0.05) is 13.0 Å². The van der Waals surface area contributed by atoms with Crippen molar-refractivity contribution in [1.29, 1.82) is 0 Å². The van der Waals surface area contributed by atoms with Gasteiger partial charge in [-0.15, -0.1) is 0 Å². The molecule has 1 aromatic rings. The zero-order chi connectivity index (χ0) is 9.26. The highest BCUT2D eigenvalue weighted by atomic mass is 35.5. The second-order valence-electron chi connectivity index (χ2n) is 3.29. The number of rotatable bonds is 0. The zero-order valence-corrected chi connectivity index (χ0v) is 7.94. The Kier molecular flexibility index (Phi) is 2.40. The van der Waals surface area contributed by atoms with Crippen LogP contribution in [0.3, 0.4) is 0 Å². The summed E-state index contributed by atoms with van der Waals surface area (Å²) in [6, 6.07) is 5.61. The smallest absolute Gasteiger partial charge is 0.106 e. The molecule has 1 aromatic carbocycles. The molecule has 1 nitrogen and oxygen atoms in total. The van der Waals surface area contributed by atoms with E-state index in [0.29, 0.717) is 24.4 Å². The summed E-state index contributed by atoms with van der Waals surface area (Å²) < 4.78 is 13.2. The average molecular weight is 200 g/mol. The topological polar surface area (TPSA) is 12.0 Å². The molecule has 1 aliphatic heterocycles. The summed E-state index contributed by atoms with van der Waals surface area (Å²) >= 11 is 5.98. The Morgan fingerprint density at radius 3 is 3.15 bits per heavy atom. The zero-order valence-electron chi connectivity index (χ0n) is 7.19. The van der Waals surface area contributed by atoms with Gasteiger partial charge in [0.05, 0.1) is 10.7 Å². The normalized spacial score (nSPS) is 21.5. The van der Waals surface area contributed by atoms with Crippen LogP contribution in [0.25, 0.3) is 0 Å². The fourth-order valence-corrected chi connectivity index (χ4v) is 1.89. The molecule has 1 heterocycles. The summed E-state index contributed by atoms with van der Waals surface area (Å²) in [5, 5.41) is 3.84. The fraction of sp³-hybridized carbons (Fsp3) is 0.400. The number of hydrogen-bond acceptors (Lipinski definition) is 1. The Balaban J connectivity index is 2.39. The third-order valence-corrected chi connectivity index (χ3v) is 2.62. The molecular formula is C10H11ClFN. The molecule has 0 fully saturated rings. The standard InChI is InChI=1S/C10H11ClFN/c11-9-3-1-2-7-6-8(12)4-5-13-10(7)9/h1-3,8,13H,4-6H2. The molecule has 1 N–H and O–H groups in total. The highest BCUT2D eigenvalue weighted by Gasteiger charge is 2.16. The van der Waals surface area contributed by atoms with Crippen LogP contribution in [0.2, 0.25) is 5.02 Å². The van der Waals surface area contributed by atoms with Gasteiger partial charge < -0.3 is 5.32 Å². The molecular weight excluding hydrogens is 189 g/mol. The van der Waals surface area contributed by atoms with Crippen LogP contribution in [-0.4, -0.2) is 12.7 Å². The van der Waals surface area contributed by atoms with Gasteiger partial charge in [0.25, 0.3) is 0 Å². The van der Waals surface area contributed by atoms with Gasteiger partial charge in [-0.25, -0.2) is 4.39 Å². The van der Waals surface area contributed by atoms with E-state index in [9.17, 15) is 4.39 Å². The highest BCUT2D eigenvalue weighted by Crippen LogP contribution is 2.29. The van der Waals surface area contributed by atoms with Gasteiger partial charge in [-0.05, 0) is 18.1 Å². The summed E-state index contributed by atoms with van der Waals surface area (Å²) in [4.78, 5) is 0. The second-order valence-corrected chi connectivity index (χ2v) is 3.70. The molecule has 13 heavy (non-hydrogen) atoms. The van der Waals surface area contributed by atoms with Crippen LogP contribution in [0.5, 0.6) is 0 Å². The molecule has 0 spiro atoms. The van der Waals surface area contributed by atoms with E-state index in [-0.39, 0.29) is 0 Å². The molecule has 0 bridgehead atoms. The monoisotopic (exact) mass is 199 g/mol. The Bertz CT molecular complexity index is 314. The third-order valence-electron chi connectivity index (χ3n) is 2.30. The number of fused-ring (bicyclic) bond motifs is 1. The quantitative estimate of drug-likeness (QED) is 0.677. The van der Waals surface area contributed by atoms with Crippen molar-refractivity contribution >= 4 is 17.3 Å². The minimum Gasteiger partial charge on any atom is -0.384 e. The van der Waals surface area contributed by atoms with Crippen LogP contribution >= 0.6 is 11.6 Å². The summed E-state index contributed by atoms with van der Waals surface area (Å²) in [7, 11) is 0. The highest BCUT2D eigenvalue weighted by molar-refractivity contribution is 6.33. The Morgan fingerprint density at radius 1 is 1.46 bits per heavy atom. The van der Waals surface area contributed by atoms with Crippen molar-refractivity contribution in [3.05, 3.63) is 28.8 Å². The van der Waals surface area contributed by atoms with Crippen LogP contribution in [0.1, 0.15) is 12.0 Å². The minimum absolute atomic E-state index is 0.475. The molecule has 1 atom stereocenters. The maximum atomic E-state index is 13.2. The van der Waals surface area contributed by atoms with Crippen molar-refractivity contribution in [3.8, 4) is 0 Å². The first-order chi connectivity index (χ1) is 6.27. The molecule has 0 saturated carbocycles. The maximum Gasteiger partial charge on any atom is 0.106 e. The number of nitrogens with one attached hydrogen (secondary N) is 1. The molecule has 70 valence electrons. The van der Waals surface area contributed by atoms with Gasteiger partial charge in [-0.2, -0.15) is 0 Å². The molecule has 0 amide bonds. The number of hydrogen-bond donors (Lipinski definition) is 1. The van der Waals surface area contributed by atoms with Crippen molar-refractivity contribution in [2.45, 2.75) is 19.0 Å². The van der Waals surface area contributed by atoms with Crippen molar-refractivity contribution in [1.82, 2.24) is 0 Å². The van der Waals surface area contributed by atoms with Crippen molar-refractivity contribution in [3.63, 3.8) is 0 Å². The lowest BCUT2D eigenvalue weighted by Gasteiger charge is -2.08. The van der Waals surface area contributed by atoms with Crippen molar-refractivity contribution < 1.29 is 4.39 Å². The average Bonchev–Trinajstić information content (AvgIpc) is 2.27. The predicted molar refractivity (Wildman–Crippen MR) is 53.2 cm³/mol. The van der Waals surface area contributed by atoms with Crippen LogP contribution < -0.4 is 5.32 Å². The lowest BCUT2D eigenvalue weighted by Crippen LogP contribution is -2.05. The van der Waals surface area contributed by atoms with E-state index in [1.165, 1.54) is 0 Å². The van der Waals surface area contributed by atoms with Gasteiger partial charge in [0.15, 0.2) is 0 Å². The summed E-state index contributed by atoms with van der Waals surface area (Å²) in [6.07, 6.45) is 0.292. The van der Waals surface area contributed by atoms with Crippen LogP contribution in [0.15, 0.2) is 18.2 Å². The molecule has 3 heteroatoms. The summed E-state index contributed by atoms with van der Waals surface area (Å²) in [5.74, 6) is 0. The van der Waals surface area contributed by atoms with E-state index in [1.807, 2.05) is 18.2 Å². The molecule has 2 rings (SSSR count). The first kappa shape index (κ1) is 8.82. The second kappa shape index (κ2) is 3.54. The molecule has 1 unspecified atom stereocenters. The first-order valence-corrected chi connectivity index (χ1v) is 4.80. The van der Waals surface area contributed by atoms with Crippen LogP contribution in [0.4, 0.5) is 10.1 Å². The predicted octanol–water partition coefficient (Wildman–Crippen LogP) is 3.04. The lowest BCUT2D eigenvalue weighted by molar-refractivity contribution is 0.323. The maximum absolute atomic E-state index is 13.2. The van der Waals surface area contributed by atoms with E-state index in [4.69, 9.17) is 11.6 Å². The van der Waals surface area contributed by atoms with E-state index >= 15 is 0 Å². The first-order valence-electron chi connectivity index (χ1n) is 4.42. The summed E-state index contributed by atoms with van der Waals surface area (Å²) in [5.41, 5.74) is 1.89. The van der Waals surface area contributed by atoms with E-state index in [2.05, 4.69) is 5.32 Å². The van der Waals surface area contributed by atoms with E-state index in [0.717, 1.165) is 11.3 Å². The van der Waals surface area contributed by atoms with Crippen molar-refractivity contribution in [2.75, 3.05) is 11.9 Å². The number of anilines is 1. The number of para-hydroxylation sites is 1. The fourth-order valence-electron chi connectivity index (χ4n) is 1.63. The Labute approximate surface area is 81.9 Å². The van der Waals surface area contributed by atoms with Crippen LogP contribution in [-0.2, 0) is 6.42 Å². The number of alkyl halides is 1. The third kappa shape index (κ3) is 1.78. The van der Waals surface area contributed by atoms with Gasteiger partial charge >= 0.3 is 0 Å². The minimum atomic E-state index is -0.743. The molecule has 0 saturated heterocycles. The molecule has 0 aromatic heterocycles. The van der Waals surface area contributed by atoms with Gasteiger partial charge in [0.1, 0.15) is 6.17 Å². The Morgan fingerprint density at radius 2 is 2.31 bits per heavy atom. The largest absolute Gasteiger partial charge is 0.384 e. The lowest BCUT2D eigenvalue weighted by atomic mass is 10.1. The molecule has 0 aliphatic carbocycles. The Hall–Kier alpha value is -0.760. The number of benzene rings is 1. The van der Waals surface area contributed by atoms with Crippen LogP contribution in [0, 0.1) is 0 Å². The van der Waals surface area contributed by atoms with Gasteiger partial charge in [-0.3, -0.25) is 0 Å². The van der Waals surface area contributed by atoms with E-state index in [1.54, 1.807) is 0 Å². The van der Waals surface area contributed by atoms with Gasteiger partial charge in [0.2, 0.25) is 0 Å². The van der Waals surface area contributed by atoms with Gasteiger partial charge in [-0.1, -0.05) is 23.7 Å². The molecule has 1 aliphatic rings.